The molecule has 2 unspecified atom stereocenters. The van der Waals surface area contributed by atoms with Crippen molar-refractivity contribution in [2.24, 2.45) is 5.92 Å². The fourth-order valence-electron chi connectivity index (χ4n) is 3.73. The Bertz CT molecular complexity index is 699. The lowest BCUT2D eigenvalue weighted by Crippen LogP contribution is -2.46. The summed E-state index contributed by atoms with van der Waals surface area (Å²) in [6, 6.07) is 6.00. The number of nitrogens with zero attached hydrogens (tertiary/aromatic N) is 4. The molecule has 0 aromatic carbocycles. The molecule has 6 heteroatoms. The summed E-state index contributed by atoms with van der Waals surface area (Å²) in [5.41, 5.74) is 0. The maximum Gasteiger partial charge on any atom is 0.228 e. The average molecular weight is 340 g/mol. The highest BCUT2D eigenvalue weighted by Gasteiger charge is 2.41. The number of carbonyl (C=O) groups is 1. The van der Waals surface area contributed by atoms with E-state index in [1.165, 1.54) is 0 Å². The zero-order chi connectivity index (χ0) is 17.2. The van der Waals surface area contributed by atoms with Crippen LogP contribution < -0.4 is 4.90 Å². The average Bonchev–Trinajstić information content (AvgIpc) is 3.34. The number of piperidine rings is 1. The molecule has 4 rings (SSSR count). The van der Waals surface area contributed by atoms with Gasteiger partial charge in [0.15, 0.2) is 0 Å². The Labute approximate surface area is 147 Å². The Kier molecular flexibility index (Phi) is 4.42. The second-order valence-corrected chi connectivity index (χ2v) is 7.00. The summed E-state index contributed by atoms with van der Waals surface area (Å²) in [5, 5.41) is 0. The number of furan rings is 1. The van der Waals surface area contributed by atoms with Crippen LogP contribution in [0.25, 0.3) is 0 Å². The minimum atomic E-state index is -0.0154. The van der Waals surface area contributed by atoms with Gasteiger partial charge in [-0.1, -0.05) is 0 Å². The van der Waals surface area contributed by atoms with Crippen LogP contribution in [-0.4, -0.2) is 39.9 Å². The van der Waals surface area contributed by atoms with Gasteiger partial charge in [0.05, 0.1) is 18.2 Å². The molecule has 2 aliphatic rings. The van der Waals surface area contributed by atoms with E-state index in [4.69, 9.17) is 4.42 Å². The lowest BCUT2D eigenvalue weighted by atomic mass is 9.95. The van der Waals surface area contributed by atoms with Crippen LogP contribution in [0.15, 0.2) is 41.3 Å². The van der Waals surface area contributed by atoms with Crippen LogP contribution in [0.4, 0.5) is 5.95 Å². The summed E-state index contributed by atoms with van der Waals surface area (Å²) < 4.78 is 5.56. The summed E-state index contributed by atoms with van der Waals surface area (Å²) in [5.74, 6) is 1.82. The van der Waals surface area contributed by atoms with Crippen molar-refractivity contribution in [2.45, 2.75) is 44.7 Å². The Morgan fingerprint density at radius 1 is 1.28 bits per heavy atom. The molecule has 1 aliphatic carbocycles. The summed E-state index contributed by atoms with van der Waals surface area (Å²) >= 11 is 0. The number of carbonyl (C=O) groups excluding carboxylic acids is 1. The van der Waals surface area contributed by atoms with Gasteiger partial charge in [-0.15, -0.1) is 0 Å². The van der Waals surface area contributed by atoms with E-state index in [0.29, 0.717) is 12.6 Å². The number of aromatic nitrogens is 2. The van der Waals surface area contributed by atoms with Gasteiger partial charge in [-0.3, -0.25) is 4.79 Å². The first-order valence-electron chi connectivity index (χ1n) is 9.11. The van der Waals surface area contributed by atoms with Crippen molar-refractivity contribution >= 4 is 11.9 Å². The first kappa shape index (κ1) is 16.1. The first-order chi connectivity index (χ1) is 12.2. The molecule has 2 aromatic rings. The Morgan fingerprint density at radius 3 is 2.76 bits per heavy atom. The van der Waals surface area contributed by atoms with E-state index in [0.717, 1.165) is 43.9 Å². The molecule has 2 aromatic heterocycles. The van der Waals surface area contributed by atoms with Crippen molar-refractivity contribution in [2.75, 3.05) is 18.0 Å². The van der Waals surface area contributed by atoms with Crippen LogP contribution in [0.5, 0.6) is 0 Å². The highest BCUT2D eigenvalue weighted by Crippen LogP contribution is 2.37. The molecule has 2 fully saturated rings. The van der Waals surface area contributed by atoms with E-state index in [9.17, 15) is 4.79 Å². The van der Waals surface area contributed by atoms with Crippen molar-refractivity contribution in [3.63, 3.8) is 0 Å². The Morgan fingerprint density at radius 2 is 2.08 bits per heavy atom. The smallest absolute Gasteiger partial charge is 0.228 e. The minimum Gasteiger partial charge on any atom is -0.467 e. The molecule has 1 aliphatic heterocycles. The van der Waals surface area contributed by atoms with E-state index in [1.54, 1.807) is 18.7 Å². The second-order valence-electron chi connectivity index (χ2n) is 7.00. The molecule has 3 heterocycles. The van der Waals surface area contributed by atoms with Gasteiger partial charge in [-0.05, 0) is 50.8 Å². The molecule has 0 radical (unpaired) electrons. The molecule has 0 bridgehead atoms. The molecule has 1 saturated heterocycles. The molecular weight excluding hydrogens is 316 g/mol. The van der Waals surface area contributed by atoms with Crippen LogP contribution in [0.1, 0.15) is 44.4 Å². The lowest BCUT2D eigenvalue weighted by Gasteiger charge is -2.37. The molecule has 1 saturated carbocycles. The third-order valence-electron chi connectivity index (χ3n) is 5.17. The van der Waals surface area contributed by atoms with E-state index in [2.05, 4.69) is 26.7 Å². The molecule has 25 heavy (non-hydrogen) atoms. The van der Waals surface area contributed by atoms with Crippen molar-refractivity contribution < 1.29 is 9.21 Å². The predicted molar refractivity (Wildman–Crippen MR) is 94.0 cm³/mol. The van der Waals surface area contributed by atoms with Gasteiger partial charge in [0.1, 0.15) is 5.76 Å². The van der Waals surface area contributed by atoms with Crippen LogP contribution in [0, 0.1) is 5.92 Å². The summed E-state index contributed by atoms with van der Waals surface area (Å²) in [6.07, 6.45) is 9.28. The zero-order valence-electron chi connectivity index (χ0n) is 14.5. The Balaban J connectivity index is 1.50. The van der Waals surface area contributed by atoms with Crippen LogP contribution in [-0.2, 0) is 4.79 Å². The van der Waals surface area contributed by atoms with Gasteiger partial charge in [-0.25, -0.2) is 9.97 Å². The zero-order valence-corrected chi connectivity index (χ0v) is 14.5. The summed E-state index contributed by atoms with van der Waals surface area (Å²) in [6.45, 7) is 3.66. The highest BCUT2D eigenvalue weighted by atomic mass is 16.3. The summed E-state index contributed by atoms with van der Waals surface area (Å²) in [7, 11) is 0. The number of hydrogen-bond donors (Lipinski definition) is 0. The molecular formula is C19H24N4O2. The number of anilines is 1. The van der Waals surface area contributed by atoms with Crippen LogP contribution >= 0.6 is 0 Å². The maximum absolute atomic E-state index is 13.3. The minimum absolute atomic E-state index is 0.00410. The lowest BCUT2D eigenvalue weighted by molar-refractivity contribution is -0.139. The SMILES string of the molecule is CC(c1ccco1)N(C(=O)C1CCCN(c2ncccn2)C1)C1CC1. The van der Waals surface area contributed by atoms with E-state index >= 15 is 0 Å². The molecule has 0 N–H and O–H groups in total. The monoisotopic (exact) mass is 340 g/mol. The molecule has 132 valence electrons. The fourth-order valence-corrected chi connectivity index (χ4v) is 3.73. The number of hydrogen-bond acceptors (Lipinski definition) is 5. The van der Waals surface area contributed by atoms with Gasteiger partial charge < -0.3 is 14.2 Å². The van der Waals surface area contributed by atoms with Gasteiger partial charge in [-0.2, -0.15) is 0 Å². The maximum atomic E-state index is 13.3. The largest absolute Gasteiger partial charge is 0.467 e. The van der Waals surface area contributed by atoms with Crippen molar-refractivity contribution in [1.82, 2.24) is 14.9 Å². The fraction of sp³-hybridized carbons (Fsp3) is 0.526. The first-order valence-corrected chi connectivity index (χ1v) is 9.11. The quantitative estimate of drug-likeness (QED) is 0.837. The predicted octanol–water partition coefficient (Wildman–Crippen LogP) is 3.04. The van der Waals surface area contributed by atoms with E-state index in [1.807, 2.05) is 18.2 Å². The van der Waals surface area contributed by atoms with Gasteiger partial charge in [0, 0.05) is 31.5 Å². The molecule has 6 nitrogen and oxygen atoms in total. The van der Waals surface area contributed by atoms with Crippen LogP contribution in [0.3, 0.4) is 0 Å². The van der Waals surface area contributed by atoms with Gasteiger partial charge in [0.2, 0.25) is 11.9 Å². The molecule has 0 spiro atoms. The summed E-state index contributed by atoms with van der Waals surface area (Å²) in [4.78, 5) is 26.2. The topological polar surface area (TPSA) is 62.5 Å². The van der Waals surface area contributed by atoms with Gasteiger partial charge >= 0.3 is 0 Å². The van der Waals surface area contributed by atoms with Crippen molar-refractivity contribution in [1.29, 1.82) is 0 Å². The second kappa shape index (κ2) is 6.86. The molecule has 2 atom stereocenters. The third kappa shape index (κ3) is 3.38. The van der Waals surface area contributed by atoms with Crippen molar-refractivity contribution in [3.8, 4) is 0 Å². The standard InChI is InChI=1S/C19H24N4O2/c1-14(17-6-3-12-25-17)23(16-7-8-16)18(24)15-5-2-11-22(13-15)19-20-9-4-10-21-19/h3-4,6,9-10,12,14-16H,2,5,7-8,11,13H2,1H3. The third-order valence-corrected chi connectivity index (χ3v) is 5.17. The van der Waals surface area contributed by atoms with Gasteiger partial charge in [0.25, 0.3) is 0 Å². The van der Waals surface area contributed by atoms with E-state index in [-0.39, 0.29) is 17.9 Å². The normalized spacial score (nSPS) is 21.8. The highest BCUT2D eigenvalue weighted by molar-refractivity contribution is 5.80. The van der Waals surface area contributed by atoms with Crippen LogP contribution in [0.2, 0.25) is 0 Å². The number of amides is 1. The molecule has 1 amide bonds. The Hall–Kier alpha value is -2.37. The number of rotatable bonds is 5. The van der Waals surface area contributed by atoms with Crippen molar-refractivity contribution in [3.05, 3.63) is 42.6 Å². The van der Waals surface area contributed by atoms with E-state index < -0.39 is 0 Å².